The predicted molar refractivity (Wildman–Crippen MR) is 150 cm³/mol. The van der Waals surface area contributed by atoms with Gasteiger partial charge in [0.05, 0.1) is 30.2 Å². The lowest BCUT2D eigenvalue weighted by molar-refractivity contribution is 0.0813. The third-order valence-corrected chi connectivity index (χ3v) is 8.85. The van der Waals surface area contributed by atoms with Gasteiger partial charge in [-0.1, -0.05) is 25.7 Å². The van der Waals surface area contributed by atoms with E-state index in [0.29, 0.717) is 19.8 Å². The largest absolute Gasteiger partial charge is 0.361 e. The molecule has 3 aromatic rings. The van der Waals surface area contributed by atoms with Crippen molar-refractivity contribution < 1.29 is 9.13 Å². The van der Waals surface area contributed by atoms with E-state index in [9.17, 15) is 4.39 Å². The molecule has 2 aromatic heterocycles. The fourth-order valence-electron chi connectivity index (χ4n) is 5.00. The summed E-state index contributed by atoms with van der Waals surface area (Å²) >= 11 is 0. The minimum atomic E-state index is -1.19. The topological polar surface area (TPSA) is 69.2 Å². The molecular formula is C29H42FN5OSi. The second-order valence-electron chi connectivity index (χ2n) is 11.3. The monoisotopic (exact) mass is 523 g/mol. The third-order valence-electron chi connectivity index (χ3n) is 7.15. The van der Waals surface area contributed by atoms with Crippen LogP contribution in [0.4, 0.5) is 4.39 Å². The Hall–Kier alpha value is -2.39. The molecule has 2 N–H and O–H groups in total. The van der Waals surface area contributed by atoms with Crippen LogP contribution in [0.3, 0.4) is 0 Å². The maximum absolute atomic E-state index is 13.7. The number of halogens is 1. The standard InChI is InChI=1S/C29H42FN5OSi/c1-37(2,3)19-18-36-22-35-27(23-11-13-25(30)14-12-23)20-33-28(35)21-34(17-5-4-15-31)26-10-6-8-24-9-7-16-32-29(24)26/h7,9,11-14,16,20,26H,4-6,8,10,15,17-19,21-22,31H2,1-3H3. The number of imidazole rings is 1. The lowest BCUT2D eigenvalue weighted by Gasteiger charge is -2.35. The van der Waals surface area contributed by atoms with Crippen LogP contribution in [0.1, 0.15) is 48.8 Å². The van der Waals surface area contributed by atoms with Gasteiger partial charge in [0.1, 0.15) is 18.4 Å². The number of benzene rings is 1. The van der Waals surface area contributed by atoms with Crippen LogP contribution in [-0.2, 0) is 24.4 Å². The van der Waals surface area contributed by atoms with Crippen molar-refractivity contribution in [3.8, 4) is 11.3 Å². The van der Waals surface area contributed by atoms with Crippen molar-refractivity contribution in [2.75, 3.05) is 19.7 Å². The normalized spacial score (nSPS) is 15.8. The molecule has 6 nitrogen and oxygen atoms in total. The summed E-state index contributed by atoms with van der Waals surface area (Å²) in [4.78, 5) is 12.2. The first-order chi connectivity index (χ1) is 17.9. The summed E-state index contributed by atoms with van der Waals surface area (Å²) < 4.78 is 22.0. The Bertz CT molecular complexity index is 1130. The zero-order valence-electron chi connectivity index (χ0n) is 22.6. The molecule has 2 heterocycles. The van der Waals surface area contributed by atoms with E-state index in [0.717, 1.165) is 68.4 Å². The fourth-order valence-corrected chi connectivity index (χ4v) is 5.75. The number of fused-ring (bicyclic) bond motifs is 1. The second kappa shape index (κ2) is 12.9. The number of nitrogens with zero attached hydrogens (tertiary/aromatic N) is 4. The van der Waals surface area contributed by atoms with E-state index in [1.165, 1.54) is 23.4 Å². The number of aromatic nitrogens is 3. The predicted octanol–water partition coefficient (Wildman–Crippen LogP) is 6.02. The Balaban J connectivity index is 1.62. The molecule has 8 heteroatoms. The number of unbranched alkanes of at least 4 members (excludes halogenated alkanes) is 1. The molecular weight excluding hydrogens is 481 g/mol. The highest BCUT2D eigenvalue weighted by molar-refractivity contribution is 6.76. The highest BCUT2D eigenvalue weighted by Gasteiger charge is 2.28. The summed E-state index contributed by atoms with van der Waals surface area (Å²) in [5.41, 5.74) is 10.3. The van der Waals surface area contributed by atoms with Crippen LogP contribution in [0.5, 0.6) is 0 Å². The van der Waals surface area contributed by atoms with Gasteiger partial charge in [0, 0.05) is 26.4 Å². The van der Waals surface area contributed by atoms with Crippen molar-refractivity contribution in [1.82, 2.24) is 19.4 Å². The van der Waals surface area contributed by atoms with E-state index in [-0.39, 0.29) is 11.9 Å². The molecule has 0 bridgehead atoms. The Morgan fingerprint density at radius 2 is 1.95 bits per heavy atom. The van der Waals surface area contributed by atoms with Gasteiger partial charge in [0.25, 0.3) is 0 Å². The van der Waals surface area contributed by atoms with Crippen LogP contribution in [-0.4, -0.2) is 47.2 Å². The quantitative estimate of drug-likeness (QED) is 0.219. The van der Waals surface area contributed by atoms with E-state index < -0.39 is 8.07 Å². The summed E-state index contributed by atoms with van der Waals surface area (Å²) in [6, 6.07) is 12.3. The first-order valence-corrected chi connectivity index (χ1v) is 17.3. The molecule has 0 radical (unpaired) electrons. The zero-order chi connectivity index (χ0) is 26.3. The maximum Gasteiger partial charge on any atom is 0.125 e. The number of hydrogen-bond acceptors (Lipinski definition) is 5. The van der Waals surface area contributed by atoms with E-state index in [2.05, 4.69) is 35.2 Å². The molecule has 0 aliphatic heterocycles. The van der Waals surface area contributed by atoms with Crippen LogP contribution >= 0.6 is 0 Å². The Morgan fingerprint density at radius 1 is 1.14 bits per heavy atom. The zero-order valence-corrected chi connectivity index (χ0v) is 23.6. The average molecular weight is 524 g/mol. The smallest absolute Gasteiger partial charge is 0.125 e. The Kier molecular flexibility index (Phi) is 9.64. The lowest BCUT2D eigenvalue weighted by Crippen LogP contribution is -2.34. The minimum Gasteiger partial charge on any atom is -0.361 e. The van der Waals surface area contributed by atoms with Crippen LogP contribution in [0.25, 0.3) is 11.3 Å². The molecule has 37 heavy (non-hydrogen) atoms. The van der Waals surface area contributed by atoms with Crippen molar-refractivity contribution in [3.05, 3.63) is 71.7 Å². The summed E-state index contributed by atoms with van der Waals surface area (Å²) in [5, 5.41) is 0. The molecule has 1 unspecified atom stereocenters. The summed E-state index contributed by atoms with van der Waals surface area (Å²) in [6.07, 6.45) is 9.17. The van der Waals surface area contributed by atoms with Crippen molar-refractivity contribution >= 4 is 8.07 Å². The van der Waals surface area contributed by atoms with Gasteiger partial charge in [-0.15, -0.1) is 0 Å². The summed E-state index contributed by atoms with van der Waals surface area (Å²) in [7, 11) is -1.19. The number of aryl methyl sites for hydroxylation is 1. The summed E-state index contributed by atoms with van der Waals surface area (Å²) in [5.74, 6) is 0.721. The van der Waals surface area contributed by atoms with Gasteiger partial charge in [-0.2, -0.15) is 0 Å². The highest BCUT2D eigenvalue weighted by Crippen LogP contribution is 2.34. The number of rotatable bonds is 13. The van der Waals surface area contributed by atoms with Gasteiger partial charge in [-0.25, -0.2) is 9.37 Å². The molecule has 1 aromatic carbocycles. The van der Waals surface area contributed by atoms with Crippen LogP contribution in [0.2, 0.25) is 25.7 Å². The molecule has 0 saturated carbocycles. The molecule has 0 fully saturated rings. The van der Waals surface area contributed by atoms with Crippen molar-refractivity contribution in [1.29, 1.82) is 0 Å². The Labute approximate surface area is 222 Å². The lowest BCUT2D eigenvalue weighted by atomic mass is 9.90. The van der Waals surface area contributed by atoms with Gasteiger partial charge >= 0.3 is 0 Å². The van der Waals surface area contributed by atoms with Gasteiger partial charge < -0.3 is 15.0 Å². The molecule has 0 saturated heterocycles. The molecule has 1 aliphatic rings. The molecule has 0 amide bonds. The molecule has 200 valence electrons. The minimum absolute atomic E-state index is 0.240. The molecule has 1 aliphatic carbocycles. The first-order valence-electron chi connectivity index (χ1n) is 13.6. The number of nitrogens with two attached hydrogens (primary N) is 1. The van der Waals surface area contributed by atoms with Gasteiger partial charge in [-0.05, 0) is 87.1 Å². The fraction of sp³-hybridized carbons (Fsp3) is 0.517. The van der Waals surface area contributed by atoms with Gasteiger partial charge in [-0.3, -0.25) is 9.88 Å². The number of ether oxygens (including phenoxy) is 1. The van der Waals surface area contributed by atoms with Crippen molar-refractivity contribution in [2.45, 2.75) is 77.1 Å². The third kappa shape index (κ3) is 7.57. The highest BCUT2D eigenvalue weighted by atomic mass is 28.3. The average Bonchev–Trinajstić information content (AvgIpc) is 3.28. The Morgan fingerprint density at radius 3 is 2.70 bits per heavy atom. The van der Waals surface area contributed by atoms with Gasteiger partial charge in [0.2, 0.25) is 0 Å². The number of hydrogen-bond donors (Lipinski definition) is 1. The van der Waals surface area contributed by atoms with E-state index >= 15 is 0 Å². The first kappa shape index (κ1) is 27.6. The van der Waals surface area contributed by atoms with Crippen LogP contribution in [0.15, 0.2) is 48.8 Å². The van der Waals surface area contributed by atoms with Crippen LogP contribution < -0.4 is 5.73 Å². The molecule has 1 atom stereocenters. The van der Waals surface area contributed by atoms with E-state index in [4.69, 9.17) is 20.4 Å². The van der Waals surface area contributed by atoms with Crippen LogP contribution in [0, 0.1) is 5.82 Å². The summed E-state index contributed by atoms with van der Waals surface area (Å²) in [6.45, 7) is 10.6. The van der Waals surface area contributed by atoms with Gasteiger partial charge in [0.15, 0.2) is 0 Å². The van der Waals surface area contributed by atoms with Crippen molar-refractivity contribution in [2.24, 2.45) is 5.73 Å². The maximum atomic E-state index is 13.7. The van der Waals surface area contributed by atoms with E-state index in [1.807, 2.05) is 30.6 Å². The van der Waals surface area contributed by atoms with Crippen molar-refractivity contribution in [3.63, 3.8) is 0 Å². The molecule has 0 spiro atoms. The molecule has 4 rings (SSSR count). The van der Waals surface area contributed by atoms with E-state index in [1.54, 1.807) is 0 Å². The SMILES string of the molecule is C[Si](C)(C)CCOCn1c(-c2ccc(F)cc2)cnc1CN(CCCCN)C1CCCc2cccnc21. The number of pyridine rings is 1. The second-order valence-corrected chi connectivity index (χ2v) is 16.9.